The standard InChI is InChI=1S/C11H24ClNO/c1-10(2)11(6-7-12)13-8-4-5-9-14-3/h10-11,13H,4-9H2,1-3H3. The van der Waals surface area contributed by atoms with Gasteiger partial charge < -0.3 is 10.1 Å². The molecule has 2 nitrogen and oxygen atoms in total. The van der Waals surface area contributed by atoms with Crippen molar-refractivity contribution in [1.82, 2.24) is 5.32 Å². The van der Waals surface area contributed by atoms with Gasteiger partial charge in [-0.05, 0) is 31.7 Å². The fourth-order valence-electron chi connectivity index (χ4n) is 1.45. The van der Waals surface area contributed by atoms with Crippen LogP contribution >= 0.6 is 11.6 Å². The van der Waals surface area contributed by atoms with Crippen LogP contribution in [0.3, 0.4) is 0 Å². The molecule has 0 heterocycles. The van der Waals surface area contributed by atoms with Gasteiger partial charge in [-0.2, -0.15) is 0 Å². The second-order valence-corrected chi connectivity index (χ2v) is 4.36. The van der Waals surface area contributed by atoms with Gasteiger partial charge in [-0.25, -0.2) is 0 Å². The highest BCUT2D eigenvalue weighted by molar-refractivity contribution is 6.17. The second kappa shape index (κ2) is 9.75. The molecule has 0 saturated heterocycles. The zero-order valence-corrected chi connectivity index (χ0v) is 10.4. The normalized spacial score (nSPS) is 13.5. The Kier molecular flexibility index (Phi) is 9.90. The number of hydrogen-bond acceptors (Lipinski definition) is 2. The van der Waals surface area contributed by atoms with E-state index in [1.807, 2.05) is 0 Å². The van der Waals surface area contributed by atoms with E-state index in [-0.39, 0.29) is 0 Å². The molecule has 86 valence electrons. The number of ether oxygens (including phenoxy) is 1. The molecule has 14 heavy (non-hydrogen) atoms. The maximum atomic E-state index is 5.74. The van der Waals surface area contributed by atoms with Crippen molar-refractivity contribution in [3.05, 3.63) is 0 Å². The number of unbranched alkanes of at least 4 members (excludes halogenated alkanes) is 1. The Morgan fingerprint density at radius 1 is 1.29 bits per heavy atom. The molecule has 0 aromatic carbocycles. The van der Waals surface area contributed by atoms with Crippen molar-refractivity contribution < 1.29 is 4.74 Å². The minimum Gasteiger partial charge on any atom is -0.385 e. The van der Waals surface area contributed by atoms with E-state index in [1.165, 1.54) is 6.42 Å². The van der Waals surface area contributed by atoms with Crippen molar-refractivity contribution >= 4 is 11.6 Å². The molecule has 0 aliphatic rings. The number of methoxy groups -OCH3 is 1. The van der Waals surface area contributed by atoms with Gasteiger partial charge in [-0.15, -0.1) is 11.6 Å². The minimum absolute atomic E-state index is 0.565. The zero-order chi connectivity index (χ0) is 10.8. The monoisotopic (exact) mass is 221 g/mol. The first-order valence-corrected chi connectivity index (χ1v) is 6.04. The van der Waals surface area contributed by atoms with Crippen LogP contribution in [0.1, 0.15) is 33.1 Å². The Morgan fingerprint density at radius 3 is 2.50 bits per heavy atom. The maximum absolute atomic E-state index is 5.74. The van der Waals surface area contributed by atoms with Gasteiger partial charge in [0.15, 0.2) is 0 Å². The van der Waals surface area contributed by atoms with Crippen LogP contribution < -0.4 is 5.32 Å². The lowest BCUT2D eigenvalue weighted by Gasteiger charge is -2.21. The highest BCUT2D eigenvalue weighted by atomic mass is 35.5. The van der Waals surface area contributed by atoms with Crippen LogP contribution in [0.4, 0.5) is 0 Å². The smallest absolute Gasteiger partial charge is 0.0462 e. The Bertz CT molecular complexity index is 120. The van der Waals surface area contributed by atoms with Crippen LogP contribution in [0, 0.1) is 5.92 Å². The zero-order valence-electron chi connectivity index (χ0n) is 9.68. The molecule has 0 spiro atoms. The van der Waals surface area contributed by atoms with Crippen molar-refractivity contribution in [3.8, 4) is 0 Å². The third kappa shape index (κ3) is 7.60. The van der Waals surface area contributed by atoms with Crippen molar-refractivity contribution in [1.29, 1.82) is 0 Å². The fourth-order valence-corrected chi connectivity index (χ4v) is 1.68. The van der Waals surface area contributed by atoms with Gasteiger partial charge in [0, 0.05) is 25.6 Å². The Labute approximate surface area is 93.4 Å². The molecular weight excluding hydrogens is 198 g/mol. The van der Waals surface area contributed by atoms with Crippen LogP contribution in [0.5, 0.6) is 0 Å². The van der Waals surface area contributed by atoms with Crippen LogP contribution in [0.2, 0.25) is 0 Å². The molecule has 0 aromatic heterocycles. The number of halogens is 1. The summed E-state index contributed by atoms with van der Waals surface area (Å²) in [5.74, 6) is 1.41. The average molecular weight is 222 g/mol. The molecule has 3 heteroatoms. The molecule has 0 rings (SSSR count). The third-order valence-electron chi connectivity index (χ3n) is 2.41. The molecular formula is C11H24ClNO. The minimum atomic E-state index is 0.565. The van der Waals surface area contributed by atoms with Crippen molar-refractivity contribution in [2.24, 2.45) is 5.92 Å². The van der Waals surface area contributed by atoms with Crippen molar-refractivity contribution in [2.75, 3.05) is 26.1 Å². The number of alkyl halides is 1. The fraction of sp³-hybridized carbons (Fsp3) is 1.00. The third-order valence-corrected chi connectivity index (χ3v) is 2.62. The number of nitrogens with one attached hydrogen (secondary N) is 1. The van der Waals surface area contributed by atoms with Gasteiger partial charge in [-0.3, -0.25) is 0 Å². The maximum Gasteiger partial charge on any atom is 0.0462 e. The van der Waals surface area contributed by atoms with Crippen LogP contribution in [-0.4, -0.2) is 32.2 Å². The quantitative estimate of drug-likeness (QED) is 0.478. The van der Waals surface area contributed by atoms with Gasteiger partial charge >= 0.3 is 0 Å². The Morgan fingerprint density at radius 2 is 2.00 bits per heavy atom. The second-order valence-electron chi connectivity index (χ2n) is 3.98. The summed E-state index contributed by atoms with van der Waals surface area (Å²) in [6.45, 7) is 6.41. The lowest BCUT2D eigenvalue weighted by Crippen LogP contribution is -2.35. The molecule has 0 fully saturated rings. The lowest BCUT2D eigenvalue weighted by molar-refractivity contribution is 0.192. The summed E-state index contributed by atoms with van der Waals surface area (Å²) in [6, 6.07) is 0.565. The van der Waals surface area contributed by atoms with E-state index < -0.39 is 0 Å². The Hall–Kier alpha value is 0.210. The summed E-state index contributed by atoms with van der Waals surface area (Å²) < 4.78 is 4.99. The molecule has 1 atom stereocenters. The predicted molar refractivity (Wildman–Crippen MR) is 63.1 cm³/mol. The predicted octanol–water partition coefficient (Wildman–Crippen LogP) is 2.66. The molecule has 0 bridgehead atoms. The summed E-state index contributed by atoms with van der Waals surface area (Å²) in [5.41, 5.74) is 0. The van der Waals surface area contributed by atoms with E-state index in [1.54, 1.807) is 7.11 Å². The summed E-state index contributed by atoms with van der Waals surface area (Å²) in [6.07, 6.45) is 3.37. The highest BCUT2D eigenvalue weighted by Crippen LogP contribution is 2.07. The van der Waals surface area contributed by atoms with Crippen LogP contribution in [0.15, 0.2) is 0 Å². The Balaban J connectivity index is 3.41. The van der Waals surface area contributed by atoms with E-state index in [0.717, 1.165) is 31.9 Å². The highest BCUT2D eigenvalue weighted by Gasteiger charge is 2.10. The van der Waals surface area contributed by atoms with Gasteiger partial charge in [0.25, 0.3) is 0 Å². The summed E-state index contributed by atoms with van der Waals surface area (Å²) >= 11 is 5.74. The van der Waals surface area contributed by atoms with Crippen molar-refractivity contribution in [3.63, 3.8) is 0 Å². The summed E-state index contributed by atoms with van der Waals surface area (Å²) in [7, 11) is 1.75. The van der Waals surface area contributed by atoms with E-state index in [4.69, 9.17) is 16.3 Å². The van der Waals surface area contributed by atoms with E-state index in [2.05, 4.69) is 19.2 Å². The van der Waals surface area contributed by atoms with Gasteiger partial charge in [0.05, 0.1) is 0 Å². The largest absolute Gasteiger partial charge is 0.385 e. The molecule has 0 saturated carbocycles. The SMILES string of the molecule is COCCCCNC(CCCl)C(C)C. The molecule has 0 aromatic rings. The first-order chi connectivity index (χ1) is 6.72. The molecule has 1 N–H and O–H groups in total. The first-order valence-electron chi connectivity index (χ1n) is 5.50. The summed E-state index contributed by atoms with van der Waals surface area (Å²) in [4.78, 5) is 0. The van der Waals surface area contributed by atoms with E-state index >= 15 is 0 Å². The lowest BCUT2D eigenvalue weighted by atomic mass is 10.0. The van der Waals surface area contributed by atoms with Gasteiger partial charge in [-0.1, -0.05) is 13.8 Å². The van der Waals surface area contributed by atoms with Crippen LogP contribution in [-0.2, 0) is 4.74 Å². The van der Waals surface area contributed by atoms with Gasteiger partial charge in [0.1, 0.15) is 0 Å². The van der Waals surface area contributed by atoms with Gasteiger partial charge in [0.2, 0.25) is 0 Å². The van der Waals surface area contributed by atoms with Crippen molar-refractivity contribution in [2.45, 2.75) is 39.2 Å². The molecule has 1 unspecified atom stereocenters. The number of rotatable bonds is 9. The molecule has 0 aliphatic heterocycles. The molecule has 0 radical (unpaired) electrons. The number of hydrogen-bond donors (Lipinski definition) is 1. The topological polar surface area (TPSA) is 21.3 Å². The van der Waals surface area contributed by atoms with E-state index in [0.29, 0.717) is 12.0 Å². The van der Waals surface area contributed by atoms with E-state index in [9.17, 15) is 0 Å². The first kappa shape index (κ1) is 14.2. The molecule has 0 aliphatic carbocycles. The average Bonchev–Trinajstić information content (AvgIpc) is 2.15. The molecule has 0 amide bonds. The summed E-state index contributed by atoms with van der Waals surface area (Å²) in [5, 5.41) is 3.54. The van der Waals surface area contributed by atoms with Crippen LogP contribution in [0.25, 0.3) is 0 Å².